The molecule has 0 aliphatic heterocycles. The van der Waals surface area contributed by atoms with Crippen LogP contribution in [0.3, 0.4) is 0 Å². The Morgan fingerprint density at radius 3 is 2.36 bits per heavy atom. The highest BCUT2D eigenvalue weighted by Crippen LogP contribution is 2.10. The predicted octanol–water partition coefficient (Wildman–Crippen LogP) is 2.65. The van der Waals surface area contributed by atoms with E-state index in [1.54, 1.807) is 0 Å². The number of nitrogens with one attached hydrogen (secondary N) is 1. The van der Waals surface area contributed by atoms with E-state index in [4.69, 9.17) is 0 Å². The van der Waals surface area contributed by atoms with Crippen molar-refractivity contribution < 1.29 is 14.7 Å². The molecule has 5 heteroatoms. The lowest BCUT2D eigenvalue weighted by atomic mass is 10.1. The molecule has 22 heavy (non-hydrogen) atoms. The van der Waals surface area contributed by atoms with Crippen LogP contribution in [0.4, 0.5) is 0 Å². The molecule has 114 valence electrons. The maximum Gasteiger partial charge on any atom is 0.326 e. The van der Waals surface area contributed by atoms with Crippen LogP contribution < -0.4 is 5.32 Å². The summed E-state index contributed by atoms with van der Waals surface area (Å²) in [5, 5.41) is 11.9. The molecule has 0 radical (unpaired) electrons. The third kappa shape index (κ3) is 5.14. The Balaban J connectivity index is 1.99. The third-order valence-electron chi connectivity index (χ3n) is 3.17. The molecular weight excluding hydrogens is 393 g/mol. The van der Waals surface area contributed by atoms with E-state index in [9.17, 15) is 14.7 Å². The van der Waals surface area contributed by atoms with E-state index in [1.165, 1.54) is 0 Å². The van der Waals surface area contributed by atoms with Crippen molar-refractivity contribution in [1.29, 1.82) is 0 Å². The largest absolute Gasteiger partial charge is 0.480 e. The van der Waals surface area contributed by atoms with Gasteiger partial charge in [0, 0.05) is 9.99 Å². The molecule has 0 aliphatic carbocycles. The van der Waals surface area contributed by atoms with Crippen molar-refractivity contribution in [3.63, 3.8) is 0 Å². The highest BCUT2D eigenvalue weighted by atomic mass is 127. The SMILES string of the molecule is O=C(Cc1ccccc1)N[C@@H](Cc1cccc(I)c1)C(=O)O. The molecule has 0 fully saturated rings. The van der Waals surface area contributed by atoms with Gasteiger partial charge in [-0.3, -0.25) is 4.79 Å². The molecule has 0 unspecified atom stereocenters. The van der Waals surface area contributed by atoms with Crippen LogP contribution in [-0.2, 0) is 22.4 Å². The molecule has 0 spiro atoms. The first kappa shape index (κ1) is 16.5. The molecule has 2 aromatic carbocycles. The van der Waals surface area contributed by atoms with Crippen LogP contribution in [0.1, 0.15) is 11.1 Å². The Labute approximate surface area is 142 Å². The fraction of sp³-hybridized carbons (Fsp3) is 0.176. The van der Waals surface area contributed by atoms with E-state index in [0.29, 0.717) is 0 Å². The van der Waals surface area contributed by atoms with Gasteiger partial charge in [0.1, 0.15) is 6.04 Å². The summed E-state index contributed by atoms with van der Waals surface area (Å²) in [6.45, 7) is 0. The van der Waals surface area contributed by atoms with Gasteiger partial charge in [0.2, 0.25) is 5.91 Å². The van der Waals surface area contributed by atoms with Gasteiger partial charge in [-0.1, -0.05) is 42.5 Å². The van der Waals surface area contributed by atoms with E-state index in [-0.39, 0.29) is 18.7 Å². The Morgan fingerprint density at radius 2 is 1.73 bits per heavy atom. The highest BCUT2D eigenvalue weighted by molar-refractivity contribution is 14.1. The number of carboxylic acids is 1. The number of carbonyl (C=O) groups is 2. The summed E-state index contributed by atoms with van der Waals surface area (Å²) in [5.41, 5.74) is 1.75. The number of carboxylic acid groups (broad SMARTS) is 1. The predicted molar refractivity (Wildman–Crippen MR) is 92.6 cm³/mol. The summed E-state index contributed by atoms with van der Waals surface area (Å²) in [5.74, 6) is -1.32. The number of aliphatic carboxylic acids is 1. The van der Waals surface area contributed by atoms with E-state index >= 15 is 0 Å². The smallest absolute Gasteiger partial charge is 0.326 e. The fourth-order valence-electron chi connectivity index (χ4n) is 2.13. The minimum atomic E-state index is -1.03. The number of hydrogen-bond donors (Lipinski definition) is 2. The first-order chi connectivity index (χ1) is 10.5. The minimum Gasteiger partial charge on any atom is -0.480 e. The second kappa shape index (κ2) is 7.93. The number of halogens is 1. The van der Waals surface area contributed by atoms with Gasteiger partial charge in [0.25, 0.3) is 0 Å². The first-order valence-corrected chi connectivity index (χ1v) is 7.93. The molecule has 1 amide bonds. The van der Waals surface area contributed by atoms with Crippen molar-refractivity contribution in [3.05, 3.63) is 69.3 Å². The minimum absolute atomic E-state index is 0.178. The molecule has 4 nitrogen and oxygen atoms in total. The second-order valence-electron chi connectivity index (χ2n) is 4.95. The Morgan fingerprint density at radius 1 is 1.05 bits per heavy atom. The number of benzene rings is 2. The molecule has 0 saturated carbocycles. The summed E-state index contributed by atoms with van der Waals surface area (Å²) in [6, 6.07) is 15.9. The van der Waals surface area contributed by atoms with Crippen molar-refractivity contribution in [1.82, 2.24) is 5.32 Å². The monoisotopic (exact) mass is 409 g/mol. The Bertz CT molecular complexity index is 658. The standard InChI is InChI=1S/C17H16INO3/c18-14-8-4-7-13(9-14)10-15(17(21)22)19-16(20)11-12-5-2-1-3-6-12/h1-9,15H,10-11H2,(H,19,20)(H,21,22)/t15-/m0/s1. The normalized spacial score (nSPS) is 11.7. The maximum absolute atomic E-state index is 12.0. The number of amides is 1. The molecule has 0 heterocycles. The summed E-state index contributed by atoms with van der Waals surface area (Å²) in [6.07, 6.45) is 0.448. The van der Waals surface area contributed by atoms with Gasteiger partial charge in [-0.25, -0.2) is 4.79 Å². The average molecular weight is 409 g/mol. The van der Waals surface area contributed by atoms with Crippen LogP contribution >= 0.6 is 22.6 Å². The summed E-state index contributed by atoms with van der Waals surface area (Å²) >= 11 is 2.18. The Hall–Kier alpha value is -1.89. The Kier molecular flexibility index (Phi) is 5.94. The zero-order chi connectivity index (χ0) is 15.9. The van der Waals surface area contributed by atoms with Crippen LogP contribution in [0.2, 0.25) is 0 Å². The van der Waals surface area contributed by atoms with E-state index < -0.39 is 12.0 Å². The van der Waals surface area contributed by atoms with Crippen LogP contribution in [0.5, 0.6) is 0 Å². The number of carbonyl (C=O) groups excluding carboxylic acids is 1. The fourth-order valence-corrected chi connectivity index (χ4v) is 2.73. The van der Waals surface area contributed by atoms with Gasteiger partial charge >= 0.3 is 5.97 Å². The summed E-state index contributed by atoms with van der Waals surface area (Å²) in [7, 11) is 0. The van der Waals surface area contributed by atoms with Gasteiger partial charge in [0.15, 0.2) is 0 Å². The van der Waals surface area contributed by atoms with Crippen molar-refractivity contribution in [2.45, 2.75) is 18.9 Å². The van der Waals surface area contributed by atoms with E-state index in [0.717, 1.165) is 14.7 Å². The molecule has 0 bridgehead atoms. The molecular formula is C17H16INO3. The molecule has 0 saturated heterocycles. The lowest BCUT2D eigenvalue weighted by Crippen LogP contribution is -2.43. The lowest BCUT2D eigenvalue weighted by Gasteiger charge is -2.15. The molecule has 2 aromatic rings. The molecule has 0 aromatic heterocycles. The third-order valence-corrected chi connectivity index (χ3v) is 3.84. The van der Waals surface area contributed by atoms with Crippen molar-refractivity contribution in [2.24, 2.45) is 0 Å². The van der Waals surface area contributed by atoms with E-state index in [2.05, 4.69) is 27.9 Å². The lowest BCUT2D eigenvalue weighted by molar-refractivity contribution is -0.141. The summed E-state index contributed by atoms with van der Waals surface area (Å²) in [4.78, 5) is 23.4. The first-order valence-electron chi connectivity index (χ1n) is 6.85. The summed E-state index contributed by atoms with van der Waals surface area (Å²) < 4.78 is 1.04. The van der Waals surface area contributed by atoms with Crippen LogP contribution in [0, 0.1) is 3.57 Å². The zero-order valence-corrected chi connectivity index (χ0v) is 14.0. The average Bonchev–Trinajstić information content (AvgIpc) is 2.47. The van der Waals surface area contributed by atoms with Gasteiger partial charge in [-0.05, 0) is 45.9 Å². The highest BCUT2D eigenvalue weighted by Gasteiger charge is 2.20. The number of rotatable bonds is 6. The van der Waals surface area contributed by atoms with Crippen LogP contribution in [0.25, 0.3) is 0 Å². The second-order valence-corrected chi connectivity index (χ2v) is 6.20. The maximum atomic E-state index is 12.0. The molecule has 2 N–H and O–H groups in total. The quantitative estimate of drug-likeness (QED) is 0.722. The molecule has 0 aliphatic rings. The van der Waals surface area contributed by atoms with Gasteiger partial charge < -0.3 is 10.4 Å². The molecule has 2 rings (SSSR count). The van der Waals surface area contributed by atoms with Crippen molar-refractivity contribution >= 4 is 34.5 Å². The van der Waals surface area contributed by atoms with Gasteiger partial charge in [0.05, 0.1) is 6.42 Å². The van der Waals surface area contributed by atoms with Crippen molar-refractivity contribution in [3.8, 4) is 0 Å². The molecule has 1 atom stereocenters. The van der Waals surface area contributed by atoms with Gasteiger partial charge in [-0.15, -0.1) is 0 Å². The van der Waals surface area contributed by atoms with Crippen LogP contribution in [0.15, 0.2) is 54.6 Å². The van der Waals surface area contributed by atoms with Crippen molar-refractivity contribution in [2.75, 3.05) is 0 Å². The number of hydrogen-bond acceptors (Lipinski definition) is 2. The van der Waals surface area contributed by atoms with E-state index in [1.807, 2.05) is 54.6 Å². The topological polar surface area (TPSA) is 66.4 Å². The van der Waals surface area contributed by atoms with Crippen LogP contribution in [-0.4, -0.2) is 23.0 Å². The zero-order valence-electron chi connectivity index (χ0n) is 11.8. The van der Waals surface area contributed by atoms with Gasteiger partial charge in [-0.2, -0.15) is 0 Å².